The third-order valence-corrected chi connectivity index (χ3v) is 3.34. The maximum atomic E-state index is 13.0. The van der Waals surface area contributed by atoms with Gasteiger partial charge in [-0.2, -0.15) is 26.3 Å². The SMILES string of the molecule is CN(C(=O)c1ccccc1C(F)(F)F)c1ccccc1C(F)(F)F. The molecule has 0 heterocycles. The van der Waals surface area contributed by atoms with Crippen molar-refractivity contribution in [3.8, 4) is 0 Å². The third kappa shape index (κ3) is 3.52. The van der Waals surface area contributed by atoms with Crippen LogP contribution in [0.3, 0.4) is 0 Å². The Hall–Kier alpha value is -2.51. The number of carbonyl (C=O) groups is 1. The van der Waals surface area contributed by atoms with Gasteiger partial charge in [0.15, 0.2) is 0 Å². The van der Waals surface area contributed by atoms with Gasteiger partial charge in [-0.15, -0.1) is 0 Å². The quantitative estimate of drug-likeness (QED) is 0.700. The summed E-state index contributed by atoms with van der Waals surface area (Å²) in [7, 11) is 1.00. The van der Waals surface area contributed by atoms with Gasteiger partial charge in [-0.05, 0) is 24.3 Å². The van der Waals surface area contributed by atoms with Gasteiger partial charge >= 0.3 is 12.4 Å². The zero-order chi connectivity index (χ0) is 18.1. The average molecular weight is 347 g/mol. The standard InChI is InChI=1S/C16H11F6NO/c1-23(13-9-5-4-8-12(13)16(20,21)22)14(24)10-6-2-3-7-11(10)15(17,18)19/h2-9H,1H3. The van der Waals surface area contributed by atoms with Crippen LogP contribution < -0.4 is 4.90 Å². The predicted octanol–water partition coefficient (Wildman–Crippen LogP) is 5.00. The highest BCUT2D eigenvalue weighted by molar-refractivity contribution is 6.07. The summed E-state index contributed by atoms with van der Waals surface area (Å²) in [5.41, 5.74) is -3.55. The van der Waals surface area contributed by atoms with Crippen molar-refractivity contribution in [1.82, 2.24) is 0 Å². The Morgan fingerprint density at radius 1 is 0.792 bits per heavy atom. The number of nitrogens with zero attached hydrogens (tertiary/aromatic N) is 1. The zero-order valence-corrected chi connectivity index (χ0v) is 12.2. The fourth-order valence-electron chi connectivity index (χ4n) is 2.21. The Balaban J connectivity index is 2.50. The number of alkyl halides is 6. The number of benzene rings is 2. The first-order valence-electron chi connectivity index (χ1n) is 6.64. The number of amides is 1. The summed E-state index contributed by atoms with van der Waals surface area (Å²) in [5, 5.41) is 0. The lowest BCUT2D eigenvalue weighted by molar-refractivity contribution is -0.138. The van der Waals surface area contributed by atoms with Gasteiger partial charge < -0.3 is 4.90 Å². The minimum atomic E-state index is -4.80. The van der Waals surface area contributed by atoms with Crippen LogP contribution in [0.2, 0.25) is 0 Å². The molecule has 2 aromatic carbocycles. The summed E-state index contributed by atoms with van der Waals surface area (Å²) in [4.78, 5) is 12.9. The van der Waals surface area contributed by atoms with Crippen molar-refractivity contribution in [3.63, 3.8) is 0 Å². The Bertz CT molecular complexity index is 751. The summed E-state index contributed by atoms with van der Waals surface area (Å²) >= 11 is 0. The lowest BCUT2D eigenvalue weighted by Gasteiger charge is -2.23. The Morgan fingerprint density at radius 3 is 1.79 bits per heavy atom. The Labute approximate surface area is 133 Å². The molecule has 2 aromatic rings. The largest absolute Gasteiger partial charge is 0.418 e. The first kappa shape index (κ1) is 17.8. The third-order valence-electron chi connectivity index (χ3n) is 3.34. The van der Waals surface area contributed by atoms with E-state index < -0.39 is 40.6 Å². The van der Waals surface area contributed by atoms with Crippen LogP contribution in [0.15, 0.2) is 48.5 Å². The predicted molar refractivity (Wildman–Crippen MR) is 75.6 cm³/mol. The van der Waals surface area contributed by atoms with Crippen LogP contribution in [0.1, 0.15) is 21.5 Å². The van der Waals surface area contributed by atoms with Gasteiger partial charge in [-0.25, -0.2) is 0 Å². The fourth-order valence-corrected chi connectivity index (χ4v) is 2.21. The van der Waals surface area contributed by atoms with E-state index >= 15 is 0 Å². The molecule has 0 saturated heterocycles. The van der Waals surface area contributed by atoms with Gasteiger partial charge in [0.25, 0.3) is 5.91 Å². The Morgan fingerprint density at radius 2 is 1.25 bits per heavy atom. The molecule has 0 fully saturated rings. The molecule has 2 rings (SSSR count). The summed E-state index contributed by atoms with van der Waals surface area (Å²) < 4.78 is 78.1. The monoisotopic (exact) mass is 347 g/mol. The molecular weight excluding hydrogens is 336 g/mol. The van der Waals surface area contributed by atoms with Crippen LogP contribution in [0.25, 0.3) is 0 Å². The molecule has 0 saturated carbocycles. The maximum Gasteiger partial charge on any atom is 0.418 e. The molecule has 0 aromatic heterocycles. The molecule has 0 N–H and O–H groups in total. The molecule has 0 aliphatic heterocycles. The van der Waals surface area contributed by atoms with Crippen LogP contribution in [0.4, 0.5) is 32.0 Å². The van der Waals surface area contributed by atoms with E-state index in [4.69, 9.17) is 0 Å². The van der Waals surface area contributed by atoms with E-state index in [0.717, 1.165) is 37.4 Å². The van der Waals surface area contributed by atoms with Crippen LogP contribution in [-0.4, -0.2) is 13.0 Å². The highest BCUT2D eigenvalue weighted by Gasteiger charge is 2.38. The molecule has 0 radical (unpaired) electrons. The van der Waals surface area contributed by atoms with E-state index in [9.17, 15) is 31.1 Å². The second-order valence-corrected chi connectivity index (χ2v) is 4.92. The summed E-state index contributed by atoms with van der Waals surface area (Å²) in [6.07, 6.45) is -9.54. The van der Waals surface area contributed by atoms with Gasteiger partial charge in [0.1, 0.15) is 0 Å². The normalized spacial score (nSPS) is 12.1. The topological polar surface area (TPSA) is 20.3 Å². The Kier molecular flexibility index (Phi) is 4.59. The summed E-state index contributed by atoms with van der Waals surface area (Å²) in [5.74, 6) is -1.18. The van der Waals surface area contributed by atoms with Crippen LogP contribution >= 0.6 is 0 Å². The minimum absolute atomic E-state index is 0.521. The van der Waals surface area contributed by atoms with E-state index in [1.807, 2.05) is 0 Å². The second kappa shape index (κ2) is 6.18. The van der Waals surface area contributed by atoms with Gasteiger partial charge in [0.2, 0.25) is 0 Å². The van der Waals surface area contributed by atoms with Crippen LogP contribution in [0.5, 0.6) is 0 Å². The van der Waals surface area contributed by atoms with Crippen molar-refractivity contribution in [2.75, 3.05) is 11.9 Å². The molecule has 8 heteroatoms. The number of halogens is 6. The van der Waals surface area contributed by atoms with Gasteiger partial charge in [-0.1, -0.05) is 24.3 Å². The fraction of sp³-hybridized carbons (Fsp3) is 0.188. The van der Waals surface area contributed by atoms with Crippen molar-refractivity contribution >= 4 is 11.6 Å². The lowest BCUT2D eigenvalue weighted by Crippen LogP contribution is -2.30. The molecule has 24 heavy (non-hydrogen) atoms. The smallest absolute Gasteiger partial charge is 0.311 e. The highest BCUT2D eigenvalue weighted by atomic mass is 19.4. The van der Waals surface area contributed by atoms with Crippen molar-refractivity contribution < 1.29 is 31.1 Å². The van der Waals surface area contributed by atoms with Gasteiger partial charge in [0, 0.05) is 7.05 Å². The lowest BCUT2D eigenvalue weighted by atomic mass is 10.0. The van der Waals surface area contributed by atoms with Crippen LogP contribution in [0, 0.1) is 0 Å². The van der Waals surface area contributed by atoms with E-state index in [0.29, 0.717) is 11.0 Å². The maximum absolute atomic E-state index is 13.0. The molecule has 0 aliphatic rings. The van der Waals surface area contributed by atoms with E-state index in [1.54, 1.807) is 0 Å². The molecule has 0 bridgehead atoms. The first-order chi connectivity index (χ1) is 11.0. The molecule has 0 aliphatic carbocycles. The number of rotatable bonds is 2. The molecule has 1 amide bonds. The molecule has 0 spiro atoms. The zero-order valence-electron chi connectivity index (χ0n) is 12.2. The first-order valence-corrected chi connectivity index (χ1v) is 6.64. The molecule has 0 unspecified atom stereocenters. The average Bonchev–Trinajstić information content (AvgIpc) is 2.52. The van der Waals surface area contributed by atoms with Gasteiger partial charge in [0.05, 0.1) is 22.4 Å². The number of para-hydroxylation sites is 1. The highest BCUT2D eigenvalue weighted by Crippen LogP contribution is 2.37. The number of hydrogen-bond donors (Lipinski definition) is 0. The van der Waals surface area contributed by atoms with Crippen LogP contribution in [-0.2, 0) is 12.4 Å². The van der Waals surface area contributed by atoms with Crippen molar-refractivity contribution in [1.29, 1.82) is 0 Å². The van der Waals surface area contributed by atoms with Crippen molar-refractivity contribution in [3.05, 3.63) is 65.2 Å². The molecular formula is C16H11F6NO. The molecule has 0 atom stereocenters. The van der Waals surface area contributed by atoms with E-state index in [-0.39, 0.29) is 0 Å². The van der Waals surface area contributed by atoms with E-state index in [2.05, 4.69) is 0 Å². The van der Waals surface area contributed by atoms with E-state index in [1.165, 1.54) is 12.1 Å². The van der Waals surface area contributed by atoms with Crippen molar-refractivity contribution in [2.24, 2.45) is 0 Å². The van der Waals surface area contributed by atoms with Gasteiger partial charge in [-0.3, -0.25) is 4.79 Å². The molecule has 128 valence electrons. The second-order valence-electron chi connectivity index (χ2n) is 4.92. The number of anilines is 1. The van der Waals surface area contributed by atoms with Crippen molar-refractivity contribution in [2.45, 2.75) is 12.4 Å². The minimum Gasteiger partial charge on any atom is -0.311 e. The summed E-state index contributed by atoms with van der Waals surface area (Å²) in [6.45, 7) is 0. The number of hydrogen-bond acceptors (Lipinski definition) is 1. The number of carbonyl (C=O) groups excluding carboxylic acids is 1. The molecule has 2 nitrogen and oxygen atoms in total. The summed E-state index contributed by atoms with van der Waals surface area (Å²) in [6, 6.07) is 8.13.